The molecule has 0 saturated heterocycles. The number of benzene rings is 2. The van der Waals surface area contributed by atoms with Gasteiger partial charge in [-0.05, 0) is 24.6 Å². The molecule has 5 heteroatoms. The van der Waals surface area contributed by atoms with Gasteiger partial charge in [0.1, 0.15) is 5.56 Å². The van der Waals surface area contributed by atoms with E-state index in [4.69, 9.17) is 14.2 Å². The smallest absolute Gasteiger partial charge is 0.342 e. The van der Waals surface area contributed by atoms with Gasteiger partial charge in [-0.3, -0.25) is 4.79 Å². The number of ether oxygens (including phenoxy) is 3. The molecule has 0 aliphatic heterocycles. The standard InChI is InChI=1S/C20H20O5/c1-4-25-20(22)18-15(11-13-17(23-2)19(18)24-3)10-12-16(21)14-8-6-5-7-9-14/h5-13H,4H2,1-3H3. The molecule has 5 nitrogen and oxygen atoms in total. The predicted octanol–water partition coefficient (Wildman–Crippen LogP) is 3.78. The van der Waals surface area contributed by atoms with Crippen molar-refractivity contribution in [2.45, 2.75) is 6.92 Å². The Morgan fingerprint density at radius 3 is 2.32 bits per heavy atom. The largest absolute Gasteiger partial charge is 0.493 e. The van der Waals surface area contributed by atoms with Crippen molar-refractivity contribution in [2.75, 3.05) is 20.8 Å². The lowest BCUT2D eigenvalue weighted by Gasteiger charge is -2.14. The molecule has 0 bridgehead atoms. The Kier molecular flexibility index (Phi) is 6.34. The van der Waals surface area contributed by atoms with E-state index in [1.165, 1.54) is 20.3 Å². The van der Waals surface area contributed by atoms with Gasteiger partial charge >= 0.3 is 5.97 Å². The van der Waals surface area contributed by atoms with Crippen LogP contribution >= 0.6 is 0 Å². The van der Waals surface area contributed by atoms with E-state index in [1.54, 1.807) is 49.4 Å². The lowest BCUT2D eigenvalue weighted by atomic mass is 10.0. The van der Waals surface area contributed by atoms with Gasteiger partial charge in [0.05, 0.1) is 20.8 Å². The third-order valence-electron chi connectivity index (χ3n) is 3.53. The van der Waals surface area contributed by atoms with E-state index in [0.717, 1.165) is 0 Å². The van der Waals surface area contributed by atoms with Gasteiger partial charge in [0, 0.05) is 5.56 Å². The van der Waals surface area contributed by atoms with Crippen LogP contribution in [0.1, 0.15) is 33.2 Å². The highest BCUT2D eigenvalue weighted by Gasteiger charge is 2.21. The molecule has 0 aliphatic carbocycles. The van der Waals surface area contributed by atoms with Crippen LogP contribution in [0.15, 0.2) is 48.5 Å². The Morgan fingerprint density at radius 2 is 1.72 bits per heavy atom. The molecule has 0 aliphatic rings. The summed E-state index contributed by atoms with van der Waals surface area (Å²) < 4.78 is 15.7. The molecule has 0 spiro atoms. The van der Waals surface area contributed by atoms with Crippen LogP contribution in [0.5, 0.6) is 11.5 Å². The van der Waals surface area contributed by atoms with E-state index in [0.29, 0.717) is 16.9 Å². The van der Waals surface area contributed by atoms with Gasteiger partial charge in [-0.15, -0.1) is 0 Å². The number of ketones is 1. The van der Waals surface area contributed by atoms with Crippen LogP contribution in [-0.2, 0) is 4.74 Å². The summed E-state index contributed by atoms with van der Waals surface area (Å²) in [4.78, 5) is 24.6. The number of rotatable bonds is 7. The summed E-state index contributed by atoms with van der Waals surface area (Å²) in [5.41, 5.74) is 1.30. The van der Waals surface area contributed by atoms with E-state index >= 15 is 0 Å². The second kappa shape index (κ2) is 8.68. The molecule has 0 N–H and O–H groups in total. The highest BCUT2D eigenvalue weighted by molar-refractivity contribution is 6.08. The molecule has 0 amide bonds. The number of esters is 1. The van der Waals surface area contributed by atoms with E-state index in [2.05, 4.69) is 0 Å². The predicted molar refractivity (Wildman–Crippen MR) is 95.3 cm³/mol. The highest BCUT2D eigenvalue weighted by atomic mass is 16.5. The molecule has 0 fully saturated rings. The van der Waals surface area contributed by atoms with Crippen molar-refractivity contribution in [1.29, 1.82) is 0 Å². The second-order valence-electron chi connectivity index (χ2n) is 5.05. The van der Waals surface area contributed by atoms with Gasteiger partial charge < -0.3 is 14.2 Å². The monoisotopic (exact) mass is 340 g/mol. The Balaban J connectivity index is 2.44. The molecule has 0 atom stereocenters. The van der Waals surface area contributed by atoms with Crippen LogP contribution in [0, 0.1) is 0 Å². The zero-order valence-corrected chi connectivity index (χ0v) is 14.4. The van der Waals surface area contributed by atoms with E-state index in [9.17, 15) is 9.59 Å². The van der Waals surface area contributed by atoms with Crippen LogP contribution in [0.3, 0.4) is 0 Å². The fraction of sp³-hybridized carbons (Fsp3) is 0.200. The Bertz CT molecular complexity index is 778. The van der Waals surface area contributed by atoms with E-state index in [1.807, 2.05) is 6.07 Å². The first-order valence-electron chi connectivity index (χ1n) is 7.81. The average Bonchev–Trinajstić information content (AvgIpc) is 2.65. The quantitative estimate of drug-likeness (QED) is 0.436. The highest BCUT2D eigenvalue weighted by Crippen LogP contribution is 2.34. The maximum absolute atomic E-state index is 12.4. The molecule has 0 aromatic heterocycles. The number of hydrogen-bond acceptors (Lipinski definition) is 5. The van der Waals surface area contributed by atoms with E-state index < -0.39 is 5.97 Å². The first-order valence-corrected chi connectivity index (χ1v) is 7.81. The zero-order chi connectivity index (χ0) is 18.2. The lowest BCUT2D eigenvalue weighted by molar-refractivity contribution is 0.0521. The Labute approximate surface area is 146 Å². The van der Waals surface area contributed by atoms with Crippen molar-refractivity contribution in [2.24, 2.45) is 0 Å². The van der Waals surface area contributed by atoms with Crippen molar-refractivity contribution in [3.05, 3.63) is 65.2 Å². The number of methoxy groups -OCH3 is 2. The van der Waals surface area contributed by atoms with Crippen molar-refractivity contribution in [3.8, 4) is 11.5 Å². The Hall–Kier alpha value is -3.08. The molecule has 0 heterocycles. The van der Waals surface area contributed by atoms with Crippen LogP contribution < -0.4 is 9.47 Å². The topological polar surface area (TPSA) is 61.8 Å². The minimum atomic E-state index is -0.537. The summed E-state index contributed by atoms with van der Waals surface area (Å²) in [7, 11) is 2.93. The van der Waals surface area contributed by atoms with Gasteiger partial charge in [-0.2, -0.15) is 0 Å². The van der Waals surface area contributed by atoms with Gasteiger partial charge in [0.15, 0.2) is 17.3 Å². The first-order chi connectivity index (χ1) is 12.1. The molecule has 2 rings (SSSR count). The van der Waals surface area contributed by atoms with Crippen LogP contribution in [0.25, 0.3) is 6.08 Å². The summed E-state index contributed by atoms with van der Waals surface area (Å²) in [6.45, 7) is 1.95. The molecule has 2 aromatic carbocycles. The summed E-state index contributed by atoms with van der Waals surface area (Å²) >= 11 is 0. The number of carbonyl (C=O) groups is 2. The van der Waals surface area contributed by atoms with Gasteiger partial charge in [-0.1, -0.05) is 42.5 Å². The van der Waals surface area contributed by atoms with Crippen LogP contribution in [-0.4, -0.2) is 32.6 Å². The van der Waals surface area contributed by atoms with Crippen LogP contribution in [0.2, 0.25) is 0 Å². The molecular formula is C20H20O5. The maximum Gasteiger partial charge on any atom is 0.342 e. The van der Waals surface area contributed by atoms with Gasteiger partial charge in [0.25, 0.3) is 0 Å². The summed E-state index contributed by atoms with van der Waals surface area (Å²) in [5.74, 6) is -0.0115. The van der Waals surface area contributed by atoms with Crippen molar-refractivity contribution >= 4 is 17.8 Å². The second-order valence-corrected chi connectivity index (χ2v) is 5.05. The lowest BCUT2D eigenvalue weighted by Crippen LogP contribution is -2.10. The molecule has 25 heavy (non-hydrogen) atoms. The minimum absolute atomic E-state index is 0.162. The van der Waals surface area contributed by atoms with Crippen molar-refractivity contribution in [3.63, 3.8) is 0 Å². The minimum Gasteiger partial charge on any atom is -0.493 e. The third-order valence-corrected chi connectivity index (χ3v) is 3.53. The van der Waals surface area contributed by atoms with Crippen LogP contribution in [0.4, 0.5) is 0 Å². The number of allylic oxidation sites excluding steroid dienone is 1. The fourth-order valence-corrected chi connectivity index (χ4v) is 2.36. The summed E-state index contributed by atoms with van der Waals surface area (Å²) in [6, 6.07) is 12.2. The van der Waals surface area contributed by atoms with Crippen molar-refractivity contribution in [1.82, 2.24) is 0 Å². The molecule has 0 radical (unpaired) electrons. The average molecular weight is 340 g/mol. The first kappa shape index (κ1) is 18.3. The number of carbonyl (C=O) groups excluding carboxylic acids is 2. The van der Waals surface area contributed by atoms with Gasteiger partial charge in [0.2, 0.25) is 0 Å². The summed E-state index contributed by atoms with van der Waals surface area (Å²) in [5, 5.41) is 0. The molecule has 0 saturated carbocycles. The maximum atomic E-state index is 12.4. The Morgan fingerprint density at radius 1 is 1.00 bits per heavy atom. The third kappa shape index (κ3) is 4.26. The molecule has 130 valence electrons. The molecule has 2 aromatic rings. The normalized spacial score (nSPS) is 10.5. The van der Waals surface area contributed by atoms with Crippen molar-refractivity contribution < 1.29 is 23.8 Å². The number of hydrogen-bond donors (Lipinski definition) is 0. The SMILES string of the molecule is CCOC(=O)c1c(C=CC(=O)c2ccccc2)ccc(OC)c1OC. The molecule has 0 unspecified atom stereocenters. The molecular weight excluding hydrogens is 320 g/mol. The van der Waals surface area contributed by atoms with E-state index in [-0.39, 0.29) is 23.7 Å². The zero-order valence-electron chi connectivity index (χ0n) is 14.4. The van der Waals surface area contributed by atoms with Gasteiger partial charge in [-0.25, -0.2) is 4.79 Å². The fourth-order valence-electron chi connectivity index (χ4n) is 2.36. The summed E-state index contributed by atoms with van der Waals surface area (Å²) in [6.07, 6.45) is 2.99.